The van der Waals surface area contributed by atoms with E-state index in [-0.39, 0.29) is 10.7 Å². The highest BCUT2D eigenvalue weighted by atomic mass is 79.9. The van der Waals surface area contributed by atoms with Gasteiger partial charge in [0.05, 0.1) is 6.07 Å². The number of halogens is 1. The molecule has 1 saturated heterocycles. The highest BCUT2D eigenvalue weighted by Gasteiger charge is 2.35. The zero-order valence-electron chi connectivity index (χ0n) is 11.6. The molecular formula is C15H17BrN2OS. The topological polar surface area (TPSA) is 44.1 Å². The van der Waals surface area contributed by atoms with Gasteiger partial charge in [-0.2, -0.15) is 5.26 Å². The fourth-order valence-corrected chi connectivity index (χ4v) is 3.76. The van der Waals surface area contributed by atoms with Gasteiger partial charge < -0.3 is 4.90 Å². The van der Waals surface area contributed by atoms with E-state index in [0.29, 0.717) is 18.7 Å². The van der Waals surface area contributed by atoms with Gasteiger partial charge in [-0.15, -0.1) is 11.8 Å². The summed E-state index contributed by atoms with van der Waals surface area (Å²) in [7, 11) is 0. The molecule has 0 aliphatic carbocycles. The molecule has 20 heavy (non-hydrogen) atoms. The molecule has 1 aliphatic rings. The second kappa shape index (κ2) is 6.19. The summed E-state index contributed by atoms with van der Waals surface area (Å²) >= 11 is 5.03. The quantitative estimate of drug-likeness (QED) is 0.816. The molecule has 1 aromatic rings. The molecule has 1 heterocycles. The molecule has 0 atom stereocenters. The largest absolute Gasteiger partial charge is 0.338 e. The van der Waals surface area contributed by atoms with E-state index >= 15 is 0 Å². The Labute approximate surface area is 132 Å². The molecule has 2 rings (SSSR count). The van der Waals surface area contributed by atoms with Crippen LogP contribution in [0.2, 0.25) is 0 Å². The van der Waals surface area contributed by atoms with Crippen molar-refractivity contribution in [3.63, 3.8) is 0 Å². The molecule has 0 saturated carbocycles. The molecule has 0 spiro atoms. The van der Waals surface area contributed by atoms with Gasteiger partial charge in [-0.25, -0.2) is 0 Å². The number of aryl methyl sites for hydroxylation is 1. The Balaban J connectivity index is 2.11. The molecule has 106 valence electrons. The van der Waals surface area contributed by atoms with Crippen LogP contribution in [0.4, 0.5) is 0 Å². The second-order valence-electron chi connectivity index (χ2n) is 5.12. The Kier molecular flexibility index (Phi) is 4.77. The smallest absolute Gasteiger partial charge is 0.253 e. The van der Waals surface area contributed by atoms with Crippen LogP contribution in [0.1, 0.15) is 28.8 Å². The van der Waals surface area contributed by atoms with Gasteiger partial charge >= 0.3 is 0 Å². The van der Waals surface area contributed by atoms with Gasteiger partial charge in [-0.05, 0) is 49.8 Å². The van der Waals surface area contributed by atoms with E-state index in [9.17, 15) is 10.1 Å². The summed E-state index contributed by atoms with van der Waals surface area (Å²) in [5.41, 5.74) is 1.78. The first-order valence-electron chi connectivity index (χ1n) is 6.52. The van der Waals surface area contributed by atoms with Crippen LogP contribution in [0.15, 0.2) is 22.7 Å². The normalized spacial score (nSPS) is 17.6. The summed E-state index contributed by atoms with van der Waals surface area (Å²) in [5, 5.41) is 9.28. The minimum Gasteiger partial charge on any atom is -0.338 e. The van der Waals surface area contributed by atoms with Crippen molar-refractivity contribution in [2.45, 2.75) is 24.5 Å². The van der Waals surface area contributed by atoms with Crippen molar-refractivity contribution in [2.24, 2.45) is 0 Å². The maximum Gasteiger partial charge on any atom is 0.253 e. The monoisotopic (exact) mass is 352 g/mol. The van der Waals surface area contributed by atoms with Crippen molar-refractivity contribution < 1.29 is 4.79 Å². The standard InChI is InChI=1S/C15H17BrN2OS/c1-11-7-12(9-13(16)8-11)14(19)18-5-3-15(10-17,20-2)4-6-18/h7-9H,3-6H2,1-2H3. The van der Waals surface area contributed by atoms with Crippen LogP contribution in [0.3, 0.4) is 0 Å². The van der Waals surface area contributed by atoms with Crippen LogP contribution in [0.25, 0.3) is 0 Å². The van der Waals surface area contributed by atoms with E-state index in [4.69, 9.17) is 0 Å². The minimum atomic E-state index is -0.316. The lowest BCUT2D eigenvalue weighted by atomic mass is 9.96. The highest BCUT2D eigenvalue weighted by Crippen LogP contribution is 2.34. The number of likely N-dealkylation sites (tertiary alicyclic amines) is 1. The van der Waals surface area contributed by atoms with Gasteiger partial charge in [0, 0.05) is 23.1 Å². The van der Waals surface area contributed by atoms with Crippen LogP contribution in [-0.2, 0) is 0 Å². The lowest BCUT2D eigenvalue weighted by Gasteiger charge is -2.36. The van der Waals surface area contributed by atoms with Crippen molar-refractivity contribution in [3.8, 4) is 6.07 Å². The van der Waals surface area contributed by atoms with Crippen molar-refractivity contribution in [1.82, 2.24) is 4.90 Å². The molecule has 0 radical (unpaired) electrons. The molecule has 1 fully saturated rings. The Morgan fingerprint density at radius 2 is 2.05 bits per heavy atom. The number of hydrogen-bond donors (Lipinski definition) is 0. The van der Waals surface area contributed by atoms with Gasteiger partial charge in [0.1, 0.15) is 4.75 Å². The van der Waals surface area contributed by atoms with Crippen molar-refractivity contribution in [1.29, 1.82) is 5.26 Å². The number of nitrogens with zero attached hydrogens (tertiary/aromatic N) is 2. The van der Waals surface area contributed by atoms with E-state index in [1.54, 1.807) is 11.8 Å². The number of hydrogen-bond acceptors (Lipinski definition) is 3. The molecule has 0 aromatic heterocycles. The van der Waals surface area contributed by atoms with Gasteiger partial charge in [0.25, 0.3) is 5.91 Å². The van der Waals surface area contributed by atoms with Gasteiger partial charge in [0.2, 0.25) is 0 Å². The Morgan fingerprint density at radius 1 is 1.40 bits per heavy atom. The molecule has 3 nitrogen and oxygen atoms in total. The SMILES string of the molecule is CSC1(C#N)CCN(C(=O)c2cc(C)cc(Br)c2)CC1. The second-order valence-corrected chi connectivity index (χ2v) is 7.23. The fraction of sp³-hybridized carbons (Fsp3) is 0.467. The number of thioether (sulfide) groups is 1. The van der Waals surface area contributed by atoms with Crippen LogP contribution in [0.5, 0.6) is 0 Å². The lowest BCUT2D eigenvalue weighted by molar-refractivity contribution is 0.0716. The van der Waals surface area contributed by atoms with Crippen molar-refractivity contribution in [2.75, 3.05) is 19.3 Å². The highest BCUT2D eigenvalue weighted by molar-refractivity contribution is 9.10. The predicted octanol–water partition coefficient (Wildman–Crippen LogP) is 3.62. The number of rotatable bonds is 2. The van der Waals surface area contributed by atoms with E-state index < -0.39 is 0 Å². The molecule has 0 bridgehead atoms. The third-order valence-electron chi connectivity index (χ3n) is 3.74. The van der Waals surface area contributed by atoms with E-state index in [1.165, 1.54) is 0 Å². The number of nitriles is 1. The summed E-state index contributed by atoms with van der Waals surface area (Å²) in [6.45, 7) is 3.28. The van der Waals surface area contributed by atoms with E-state index in [2.05, 4.69) is 22.0 Å². The number of carbonyl (C=O) groups is 1. The Morgan fingerprint density at radius 3 is 2.55 bits per heavy atom. The minimum absolute atomic E-state index is 0.0574. The summed E-state index contributed by atoms with van der Waals surface area (Å²) in [6.07, 6.45) is 3.45. The average molecular weight is 353 g/mol. The number of carbonyl (C=O) groups excluding carboxylic acids is 1. The van der Waals surface area contributed by atoms with Crippen LogP contribution in [-0.4, -0.2) is 34.9 Å². The van der Waals surface area contributed by atoms with E-state index in [1.807, 2.05) is 36.3 Å². The van der Waals surface area contributed by atoms with Crippen molar-refractivity contribution in [3.05, 3.63) is 33.8 Å². The molecule has 0 unspecified atom stereocenters. The maximum absolute atomic E-state index is 12.5. The third kappa shape index (κ3) is 3.18. The summed E-state index contributed by atoms with van der Waals surface area (Å²) in [6, 6.07) is 8.16. The van der Waals surface area contributed by atoms with Crippen LogP contribution < -0.4 is 0 Å². The maximum atomic E-state index is 12.5. The summed E-state index contributed by atoms with van der Waals surface area (Å²) in [4.78, 5) is 14.4. The third-order valence-corrected chi connectivity index (χ3v) is 5.48. The molecule has 5 heteroatoms. The zero-order valence-corrected chi connectivity index (χ0v) is 14.1. The molecule has 1 aromatic carbocycles. The predicted molar refractivity (Wildman–Crippen MR) is 85.9 cm³/mol. The molecule has 1 amide bonds. The number of amides is 1. The Hall–Kier alpha value is -0.990. The van der Waals surface area contributed by atoms with Gasteiger partial charge in [-0.1, -0.05) is 15.9 Å². The first-order chi connectivity index (χ1) is 9.49. The van der Waals surface area contributed by atoms with E-state index in [0.717, 1.165) is 22.9 Å². The first kappa shape index (κ1) is 15.4. The van der Waals surface area contributed by atoms with Crippen molar-refractivity contribution >= 4 is 33.6 Å². The number of piperidine rings is 1. The summed E-state index contributed by atoms with van der Waals surface area (Å²) < 4.78 is 0.609. The molecule has 0 N–H and O–H groups in total. The van der Waals surface area contributed by atoms with Gasteiger partial charge in [0.15, 0.2) is 0 Å². The fourth-order valence-electron chi connectivity index (χ4n) is 2.47. The molecule has 1 aliphatic heterocycles. The van der Waals surface area contributed by atoms with Gasteiger partial charge in [-0.3, -0.25) is 4.79 Å². The number of benzene rings is 1. The Bertz CT molecular complexity index is 539. The first-order valence-corrected chi connectivity index (χ1v) is 8.54. The van der Waals surface area contributed by atoms with Crippen LogP contribution >= 0.6 is 27.7 Å². The lowest BCUT2D eigenvalue weighted by Crippen LogP contribution is -2.44. The zero-order chi connectivity index (χ0) is 14.8. The molecular weight excluding hydrogens is 336 g/mol. The van der Waals surface area contributed by atoms with Crippen LogP contribution in [0, 0.1) is 18.3 Å². The average Bonchev–Trinajstić information content (AvgIpc) is 2.45. The summed E-state index contributed by atoms with van der Waals surface area (Å²) in [5.74, 6) is 0.0574.